The van der Waals surface area contributed by atoms with Gasteiger partial charge in [-0.1, -0.05) is 18.2 Å². The van der Waals surface area contributed by atoms with Crippen LogP contribution in [0.15, 0.2) is 24.3 Å². The van der Waals surface area contributed by atoms with Crippen molar-refractivity contribution in [2.24, 2.45) is 17.6 Å². The molecule has 0 heterocycles. The molecule has 3 rings (SSSR count). The van der Waals surface area contributed by atoms with Crippen LogP contribution in [0.4, 0.5) is 17.6 Å². The molecule has 0 amide bonds. The van der Waals surface area contributed by atoms with Crippen LogP contribution >= 0.6 is 11.8 Å². The summed E-state index contributed by atoms with van der Waals surface area (Å²) in [4.78, 5) is 22.7. The maximum absolute atomic E-state index is 14.4. The van der Waals surface area contributed by atoms with Crippen molar-refractivity contribution in [1.82, 2.24) is 0 Å². The van der Waals surface area contributed by atoms with E-state index in [1.807, 2.05) is 0 Å². The molecule has 0 aliphatic heterocycles. The van der Waals surface area contributed by atoms with Gasteiger partial charge in [-0.3, -0.25) is 4.79 Å². The normalized spacial score (nSPS) is 35.8. The zero-order chi connectivity index (χ0) is 19.5. The number of thioether (sulfide) groups is 1. The minimum absolute atomic E-state index is 0.0482. The van der Waals surface area contributed by atoms with Gasteiger partial charge in [0.1, 0.15) is 5.54 Å². The van der Waals surface area contributed by atoms with Gasteiger partial charge in [-0.05, 0) is 18.1 Å². The average Bonchev–Trinajstić information content (AvgIpc) is 3.02. The number of carboxylic acid groups (broad SMARTS) is 2. The first-order chi connectivity index (χ1) is 11.9. The van der Waals surface area contributed by atoms with Gasteiger partial charge in [0.15, 0.2) is 0 Å². The zero-order valence-corrected chi connectivity index (χ0v) is 14.0. The Morgan fingerprint density at radius 1 is 1.27 bits per heavy atom. The van der Waals surface area contributed by atoms with Gasteiger partial charge in [-0.15, -0.1) is 0 Å². The summed E-state index contributed by atoms with van der Waals surface area (Å²) in [6.07, 6.45) is -4.55. The molecule has 2 fully saturated rings. The smallest absolute Gasteiger partial charge is 0.416 e. The van der Waals surface area contributed by atoms with Gasteiger partial charge in [-0.2, -0.15) is 24.9 Å². The molecule has 5 nitrogen and oxygen atoms in total. The number of carboxylic acids is 2. The second-order valence-corrected chi connectivity index (χ2v) is 7.82. The fraction of sp³-hybridized carbons (Fsp3) is 0.500. The third-order valence-corrected chi connectivity index (χ3v) is 6.69. The largest absolute Gasteiger partial charge is 0.480 e. The van der Waals surface area contributed by atoms with Gasteiger partial charge in [0.25, 0.3) is 0 Å². The van der Waals surface area contributed by atoms with E-state index >= 15 is 0 Å². The Morgan fingerprint density at radius 3 is 2.46 bits per heavy atom. The highest BCUT2D eigenvalue weighted by atomic mass is 32.2. The molecule has 0 aromatic heterocycles. The fourth-order valence-corrected chi connectivity index (χ4v) is 5.28. The average molecular weight is 393 g/mol. The summed E-state index contributed by atoms with van der Waals surface area (Å²) < 4.78 is 52.7. The number of benzene rings is 1. The van der Waals surface area contributed by atoms with Crippen molar-refractivity contribution >= 4 is 23.7 Å². The molecule has 5 atom stereocenters. The molecular weight excluding hydrogens is 378 g/mol. The highest BCUT2D eigenvalue weighted by Crippen LogP contribution is 2.68. The number of fused-ring (bicyclic) bond motifs is 1. The van der Waals surface area contributed by atoms with E-state index in [4.69, 9.17) is 10.8 Å². The monoisotopic (exact) mass is 393 g/mol. The maximum atomic E-state index is 14.4. The second kappa shape index (κ2) is 5.85. The quantitative estimate of drug-likeness (QED) is 0.665. The molecule has 0 bridgehead atoms. The third-order valence-electron chi connectivity index (χ3n) is 5.20. The summed E-state index contributed by atoms with van der Waals surface area (Å²) in [5, 5.41) is 17.7. The molecule has 10 heteroatoms. The Labute approximate surface area is 149 Å². The van der Waals surface area contributed by atoms with Gasteiger partial charge < -0.3 is 15.9 Å². The molecule has 142 valence electrons. The predicted octanol–water partition coefficient (Wildman–Crippen LogP) is 2.53. The third kappa shape index (κ3) is 2.66. The highest BCUT2D eigenvalue weighted by molar-refractivity contribution is 7.99. The predicted molar refractivity (Wildman–Crippen MR) is 84.2 cm³/mol. The lowest BCUT2D eigenvalue weighted by atomic mass is 9.90. The molecule has 2 saturated carbocycles. The van der Waals surface area contributed by atoms with Crippen molar-refractivity contribution in [3.8, 4) is 0 Å². The lowest BCUT2D eigenvalue weighted by Gasteiger charge is -2.31. The van der Waals surface area contributed by atoms with Gasteiger partial charge >= 0.3 is 18.1 Å². The van der Waals surface area contributed by atoms with Crippen LogP contribution < -0.4 is 5.73 Å². The second-order valence-electron chi connectivity index (χ2n) is 6.63. The summed E-state index contributed by atoms with van der Waals surface area (Å²) in [5.41, 5.74) is 0.671. The van der Waals surface area contributed by atoms with Crippen molar-refractivity contribution in [2.75, 3.05) is 0 Å². The molecule has 0 saturated heterocycles. The van der Waals surface area contributed by atoms with E-state index in [0.29, 0.717) is 5.56 Å². The van der Waals surface area contributed by atoms with E-state index in [-0.39, 0.29) is 12.2 Å². The molecular formula is C16H15F4NO4S. The van der Waals surface area contributed by atoms with Gasteiger partial charge in [0.2, 0.25) is 5.67 Å². The number of hydrogen-bond acceptors (Lipinski definition) is 4. The maximum Gasteiger partial charge on any atom is 0.416 e. The number of rotatable bonds is 5. The molecule has 0 radical (unpaired) electrons. The van der Waals surface area contributed by atoms with Crippen LogP contribution in [0.5, 0.6) is 0 Å². The van der Waals surface area contributed by atoms with Crippen LogP contribution in [0.1, 0.15) is 17.5 Å². The van der Waals surface area contributed by atoms with Gasteiger partial charge in [0, 0.05) is 22.8 Å². The Kier molecular flexibility index (Phi) is 4.27. The first kappa shape index (κ1) is 19.0. The van der Waals surface area contributed by atoms with Crippen LogP contribution in [-0.2, 0) is 21.5 Å². The van der Waals surface area contributed by atoms with Crippen molar-refractivity contribution in [3.63, 3.8) is 0 Å². The Balaban J connectivity index is 1.76. The van der Waals surface area contributed by atoms with E-state index in [0.717, 1.165) is 23.9 Å². The fourth-order valence-electron chi connectivity index (χ4n) is 3.84. The summed E-state index contributed by atoms with van der Waals surface area (Å²) in [7, 11) is 0. The summed E-state index contributed by atoms with van der Waals surface area (Å²) in [6.45, 7) is 0. The van der Waals surface area contributed by atoms with Crippen molar-refractivity contribution < 1.29 is 37.4 Å². The number of carbonyl (C=O) groups is 2. The standard InChI is InChI=1S/C16H15F4NO4S/c17-14(12(22)23)9-5-10(15(21,11(9)14)13(24)25)26-6-7-2-1-3-8(4-7)16(18,19)20/h1-4,9-11H,5-6,21H2,(H,22,23)(H,24,25)/t9-,10-,11+,14-,15+/m1/s1. The van der Waals surface area contributed by atoms with Gasteiger partial charge in [-0.25, -0.2) is 9.18 Å². The lowest BCUT2D eigenvalue weighted by molar-refractivity contribution is -0.149. The summed E-state index contributed by atoms with van der Waals surface area (Å²) in [5.74, 6) is -5.53. The van der Waals surface area contributed by atoms with Gasteiger partial charge in [0.05, 0.1) is 5.56 Å². The van der Waals surface area contributed by atoms with E-state index < -0.39 is 52.0 Å². The number of hydrogen-bond donors (Lipinski definition) is 3. The molecule has 2 aliphatic rings. The van der Waals surface area contributed by atoms with Crippen LogP contribution in [-0.4, -0.2) is 38.6 Å². The molecule has 0 unspecified atom stereocenters. The minimum atomic E-state index is -4.50. The van der Waals surface area contributed by atoms with E-state index in [1.54, 1.807) is 0 Å². The lowest BCUT2D eigenvalue weighted by Crippen LogP contribution is -2.58. The number of nitrogens with two attached hydrogens (primary N) is 1. The molecule has 2 aliphatic carbocycles. The van der Waals surface area contributed by atoms with Crippen LogP contribution in [0.25, 0.3) is 0 Å². The SMILES string of the molecule is N[C@]1(C(=O)O)[C@H]2[C@@H](C[C@H]1SCc1cccc(C(F)(F)F)c1)[C@]2(F)C(=O)O. The first-order valence-electron chi connectivity index (χ1n) is 7.65. The summed E-state index contributed by atoms with van der Waals surface area (Å²) in [6, 6.07) is 4.59. The first-order valence-corrected chi connectivity index (χ1v) is 8.70. The Morgan fingerprint density at radius 2 is 1.92 bits per heavy atom. The van der Waals surface area contributed by atoms with E-state index in [2.05, 4.69) is 0 Å². The van der Waals surface area contributed by atoms with E-state index in [9.17, 15) is 32.3 Å². The Hall–Kier alpha value is -1.81. The molecule has 1 aromatic rings. The van der Waals surface area contributed by atoms with E-state index in [1.165, 1.54) is 12.1 Å². The van der Waals surface area contributed by atoms with Crippen molar-refractivity contribution in [2.45, 2.75) is 34.8 Å². The van der Waals surface area contributed by atoms with Crippen LogP contribution in [0.3, 0.4) is 0 Å². The molecule has 0 spiro atoms. The summed E-state index contributed by atoms with van der Waals surface area (Å²) >= 11 is 1.01. The number of halogens is 4. The van der Waals surface area contributed by atoms with Crippen LogP contribution in [0, 0.1) is 11.8 Å². The van der Waals surface area contributed by atoms with Crippen molar-refractivity contribution in [3.05, 3.63) is 35.4 Å². The number of alkyl halides is 4. The van der Waals surface area contributed by atoms with Crippen LogP contribution in [0.2, 0.25) is 0 Å². The zero-order valence-electron chi connectivity index (χ0n) is 13.2. The molecule has 26 heavy (non-hydrogen) atoms. The minimum Gasteiger partial charge on any atom is -0.480 e. The molecule has 4 N–H and O–H groups in total. The topological polar surface area (TPSA) is 101 Å². The Bertz CT molecular complexity index is 773. The van der Waals surface area contributed by atoms with Crippen molar-refractivity contribution in [1.29, 1.82) is 0 Å². The highest BCUT2D eigenvalue weighted by Gasteiger charge is 2.84. The molecule has 1 aromatic carbocycles. The number of aliphatic carboxylic acids is 2.